The molecule has 5 rings (SSSR count). The normalized spacial score (nSPS) is 17.2. The summed E-state index contributed by atoms with van der Waals surface area (Å²) in [5.74, 6) is -5.76. The molecule has 0 spiro atoms. The summed E-state index contributed by atoms with van der Waals surface area (Å²) in [7, 11) is 0. The molecule has 5 N–H and O–H groups in total. The van der Waals surface area contributed by atoms with Gasteiger partial charge in [-0.15, -0.1) is 34.0 Å². The van der Waals surface area contributed by atoms with Crippen molar-refractivity contribution in [3.63, 3.8) is 0 Å². The minimum Gasteiger partial charge on any atom is -1.00 e. The Morgan fingerprint density at radius 1 is 0.528 bits per heavy atom. The Morgan fingerprint density at radius 2 is 0.861 bits per heavy atom. The van der Waals surface area contributed by atoms with Crippen molar-refractivity contribution in [2.24, 2.45) is 11.8 Å². The second-order valence-electron chi connectivity index (χ2n) is 18.1. The van der Waals surface area contributed by atoms with E-state index in [9.17, 15) is 48.6 Å². The van der Waals surface area contributed by atoms with E-state index in [2.05, 4.69) is 84.5 Å². The van der Waals surface area contributed by atoms with Gasteiger partial charge in [-0.2, -0.15) is 0 Å². The molecule has 3 amide bonds. The number of carbonyl (C=O) groups excluding carboxylic acids is 8. The number of carbonyl (C=O) groups is 8. The van der Waals surface area contributed by atoms with Gasteiger partial charge in [-0.3, -0.25) is 38.4 Å². The maximum Gasteiger partial charge on any atom is 1.00 e. The van der Waals surface area contributed by atoms with E-state index in [0.717, 1.165) is 123 Å². The van der Waals surface area contributed by atoms with E-state index in [1.807, 2.05) is 0 Å². The predicted octanol–water partition coefficient (Wildman–Crippen LogP) is 8.73. The third-order valence-electron chi connectivity index (χ3n) is 12.5. The summed E-state index contributed by atoms with van der Waals surface area (Å²) in [5.41, 5.74) is -4.55. The van der Waals surface area contributed by atoms with Gasteiger partial charge in [0.2, 0.25) is 0 Å². The Labute approximate surface area is 486 Å². The van der Waals surface area contributed by atoms with Crippen molar-refractivity contribution in [1.82, 2.24) is 16.0 Å². The summed E-state index contributed by atoms with van der Waals surface area (Å²) in [6, 6.07) is 9.97. The molecule has 4 unspecified atom stereocenters. The molecule has 20 heteroatoms. The summed E-state index contributed by atoms with van der Waals surface area (Å²) < 4.78 is 2.19. The van der Waals surface area contributed by atoms with Crippen LogP contribution in [0.15, 0.2) is 47.8 Å². The Bertz CT molecular complexity index is 2100. The zero-order valence-electron chi connectivity index (χ0n) is 43.3. The molecule has 0 aliphatic heterocycles. The van der Waals surface area contributed by atoms with Crippen molar-refractivity contribution < 1.29 is 79.6 Å². The minimum atomic E-state index is -2.28. The fraction of sp³-hybridized carbons (Fsp3) is 0.615. The maximum absolute atomic E-state index is 13.9. The quantitative estimate of drug-likeness (QED) is 0.0212. The number of thiophene rings is 3. The standard InChI is InChI=1S/C34H48Br2N2O6S2.C12H16BrNO2S.C6H8O2.Na.H/c1-3-5-7-9-11-13-19-37-31(41)33(43,27-15-17-29(35)45-27)23-21-26(40)24(22-25(23)39)34(44,28-16-18-30(36)46-28)32(42)38-20-14-12-10-8-6-4-2;1-2-3-4-5-8-14-12(16)11(15)9-6-7-10(13)17-9;7-5-1-2-6(8)4-3-5;;/h15-18,23-24,43-44H,3-14,19-22H2,1-2H3,(H,37,41)(H,38,42);6-7H,2-5,8H2,1H3,(H,14,16);1-4H2;;/q;;;+1;-1. The molecule has 3 aromatic rings. The van der Waals surface area contributed by atoms with Gasteiger partial charge >= 0.3 is 29.6 Å². The van der Waals surface area contributed by atoms with Crippen LogP contribution in [-0.4, -0.2) is 76.5 Å². The second-order valence-corrected chi connectivity index (χ2v) is 25.4. The molecular formula is C52H73Br3N3NaO10S3. The van der Waals surface area contributed by atoms with Gasteiger partial charge in [-0.25, -0.2) is 0 Å². The average molecular weight is 1260 g/mol. The van der Waals surface area contributed by atoms with E-state index in [1.165, 1.54) is 17.8 Å². The van der Waals surface area contributed by atoms with Crippen LogP contribution in [0.1, 0.15) is 183 Å². The second kappa shape index (κ2) is 35.5. The van der Waals surface area contributed by atoms with E-state index >= 15 is 0 Å². The summed E-state index contributed by atoms with van der Waals surface area (Å²) in [4.78, 5) is 100. The van der Waals surface area contributed by atoms with Crippen LogP contribution in [0.5, 0.6) is 0 Å². The zero-order chi connectivity index (χ0) is 52.4. The Kier molecular flexibility index (Phi) is 32.7. The van der Waals surface area contributed by atoms with Gasteiger partial charge in [0.05, 0.1) is 28.1 Å². The number of amides is 3. The molecule has 0 radical (unpaired) electrons. The molecule has 2 fully saturated rings. The van der Waals surface area contributed by atoms with E-state index in [4.69, 9.17) is 0 Å². The largest absolute Gasteiger partial charge is 1.00 e. The van der Waals surface area contributed by atoms with Crippen molar-refractivity contribution in [1.29, 1.82) is 0 Å². The van der Waals surface area contributed by atoms with Gasteiger partial charge in [0, 0.05) is 67.9 Å². The van der Waals surface area contributed by atoms with E-state index in [-0.39, 0.29) is 52.3 Å². The number of aliphatic hydroxyl groups is 2. The van der Waals surface area contributed by atoms with Gasteiger partial charge in [-0.1, -0.05) is 104 Å². The van der Waals surface area contributed by atoms with Crippen LogP contribution >= 0.6 is 81.8 Å². The van der Waals surface area contributed by atoms with Crippen LogP contribution in [0.3, 0.4) is 0 Å². The molecule has 72 heavy (non-hydrogen) atoms. The van der Waals surface area contributed by atoms with Crippen LogP contribution < -0.4 is 45.5 Å². The van der Waals surface area contributed by atoms with Gasteiger partial charge in [0.1, 0.15) is 23.1 Å². The third kappa shape index (κ3) is 21.3. The average Bonchev–Trinajstić information content (AvgIpc) is 4.13. The van der Waals surface area contributed by atoms with Crippen LogP contribution in [-0.2, 0) is 44.8 Å². The third-order valence-corrected chi connectivity index (χ3v) is 17.6. The zero-order valence-corrected chi connectivity index (χ0v) is 51.5. The van der Waals surface area contributed by atoms with Gasteiger partial charge < -0.3 is 27.6 Å². The molecule has 2 aliphatic carbocycles. The van der Waals surface area contributed by atoms with Gasteiger partial charge in [-0.05, 0) is 103 Å². The first-order valence-corrected chi connectivity index (χ1v) is 30.0. The molecule has 0 saturated heterocycles. The van der Waals surface area contributed by atoms with Crippen molar-refractivity contribution in [2.75, 3.05) is 19.6 Å². The number of nitrogens with one attached hydrogen (secondary N) is 3. The maximum atomic E-state index is 13.9. The molecule has 4 atom stereocenters. The van der Waals surface area contributed by atoms with Crippen LogP contribution in [0.2, 0.25) is 0 Å². The van der Waals surface area contributed by atoms with Crippen LogP contribution in [0.4, 0.5) is 0 Å². The molecule has 0 bridgehead atoms. The van der Waals surface area contributed by atoms with Crippen LogP contribution in [0.25, 0.3) is 0 Å². The smallest absolute Gasteiger partial charge is 1.00 e. The van der Waals surface area contributed by atoms with Gasteiger partial charge in [0.25, 0.3) is 23.5 Å². The van der Waals surface area contributed by atoms with E-state index < -0.39 is 71.0 Å². The fourth-order valence-corrected chi connectivity index (χ4v) is 12.7. The molecule has 396 valence electrons. The SMILES string of the molecule is CCCCCCCCNC(=O)C(O)(c1ccc(Br)s1)C1CC(=O)C(C(O)(C(=O)NCCCCCCCC)c2ccc(Br)s2)CC1=O.CCCCCCNC(=O)C(=O)c1ccc(Br)s1.O=C1CCC(=O)CC1.[H-].[Na+]. The molecular weight excluding hydrogens is 1190 g/mol. The number of unbranched alkanes of at least 4 members (excludes halogenated alkanes) is 13. The van der Waals surface area contributed by atoms with Crippen molar-refractivity contribution in [2.45, 2.75) is 173 Å². The Hall–Kier alpha value is -1.78. The van der Waals surface area contributed by atoms with Crippen molar-refractivity contribution >= 4 is 128 Å². The monoisotopic (exact) mass is 1260 g/mol. The fourth-order valence-electron chi connectivity index (χ4n) is 8.27. The molecule has 0 aromatic carbocycles. The van der Waals surface area contributed by atoms with E-state index in [0.29, 0.717) is 57.8 Å². The summed E-state index contributed by atoms with van der Waals surface area (Å²) in [6.45, 7) is 7.69. The molecule has 2 aliphatic rings. The van der Waals surface area contributed by atoms with Crippen molar-refractivity contribution in [3.8, 4) is 0 Å². The molecule has 3 aromatic heterocycles. The Balaban J connectivity index is 0.000000805. The van der Waals surface area contributed by atoms with Crippen molar-refractivity contribution in [3.05, 3.63) is 62.4 Å². The summed E-state index contributed by atoms with van der Waals surface area (Å²) >= 11 is 13.6. The Morgan fingerprint density at radius 3 is 1.21 bits per heavy atom. The first-order chi connectivity index (χ1) is 33.9. The summed E-state index contributed by atoms with van der Waals surface area (Å²) in [6.07, 6.45) is 17.6. The predicted molar refractivity (Wildman–Crippen MR) is 294 cm³/mol. The molecule has 13 nitrogen and oxygen atoms in total. The van der Waals surface area contributed by atoms with E-state index in [1.54, 1.807) is 36.4 Å². The first kappa shape index (κ1) is 66.3. The number of hydrogen-bond donors (Lipinski definition) is 5. The topological polar surface area (TPSA) is 213 Å². The number of rotatable bonds is 27. The number of hydrogen-bond acceptors (Lipinski definition) is 13. The number of halogens is 3. The number of Topliss-reactive ketones (excluding diaryl/α,β-unsaturated/α-hetero) is 5. The first-order valence-electron chi connectivity index (χ1n) is 25.1. The minimum absolute atomic E-state index is 0. The molecule has 2 saturated carbocycles. The van der Waals surface area contributed by atoms with Gasteiger partial charge in [0.15, 0.2) is 11.2 Å². The molecule has 3 heterocycles. The number of ketones is 5. The van der Waals surface area contributed by atoms with Crippen LogP contribution in [0, 0.1) is 11.8 Å². The summed E-state index contributed by atoms with van der Waals surface area (Å²) in [5, 5.41) is 32.4.